The van der Waals surface area contributed by atoms with E-state index in [2.05, 4.69) is 25.6 Å². The van der Waals surface area contributed by atoms with Crippen molar-refractivity contribution in [3.05, 3.63) is 99.5 Å². The molecule has 0 fully saturated rings. The Bertz CT molecular complexity index is 1550. The van der Waals surface area contributed by atoms with Gasteiger partial charge < -0.3 is 5.32 Å². The maximum Gasteiger partial charge on any atom is 0.274 e. The summed E-state index contributed by atoms with van der Waals surface area (Å²) in [6.07, 6.45) is 0. The normalized spacial score (nSPS) is 11.2. The van der Waals surface area contributed by atoms with Crippen LogP contribution in [0.5, 0.6) is 0 Å². The fourth-order valence-electron chi connectivity index (χ4n) is 3.92. The lowest BCUT2D eigenvalue weighted by molar-refractivity contribution is 0.0944. The third-order valence-corrected chi connectivity index (χ3v) is 5.42. The molecule has 2 aromatic carbocycles. The summed E-state index contributed by atoms with van der Waals surface area (Å²) in [4.78, 5) is 30.6. The van der Waals surface area contributed by atoms with Crippen molar-refractivity contribution < 1.29 is 4.79 Å². The highest BCUT2D eigenvalue weighted by Gasteiger charge is 2.18. The summed E-state index contributed by atoms with van der Waals surface area (Å²) in [6, 6.07) is 18.5. The average Bonchev–Trinajstić information content (AvgIpc) is 3.23. The molecule has 0 atom stereocenters. The Balaban J connectivity index is 1.49. The lowest BCUT2D eigenvalue weighted by atomic mass is 10.1. The Hall–Kier alpha value is -4.40. The van der Waals surface area contributed by atoms with Crippen LogP contribution in [0.2, 0.25) is 0 Å². The molecule has 3 heterocycles. The molecule has 3 aromatic heterocycles. The van der Waals surface area contributed by atoms with Crippen molar-refractivity contribution in [2.24, 2.45) is 0 Å². The van der Waals surface area contributed by atoms with Gasteiger partial charge in [-0.2, -0.15) is 5.10 Å². The Kier molecular flexibility index (Phi) is 5.14. The van der Waals surface area contributed by atoms with Crippen molar-refractivity contribution >= 4 is 22.5 Å². The molecule has 0 bridgehead atoms. The van der Waals surface area contributed by atoms with E-state index >= 15 is 0 Å². The Morgan fingerprint density at radius 1 is 0.970 bits per heavy atom. The van der Waals surface area contributed by atoms with Gasteiger partial charge in [0.15, 0.2) is 11.5 Å². The minimum atomic E-state index is -0.400. The molecule has 0 aliphatic heterocycles. The van der Waals surface area contributed by atoms with Crippen LogP contribution in [0.25, 0.3) is 16.6 Å². The van der Waals surface area contributed by atoms with Crippen molar-refractivity contribution in [2.45, 2.75) is 26.9 Å². The molecule has 0 saturated carbocycles. The van der Waals surface area contributed by atoms with Crippen LogP contribution in [0.15, 0.2) is 65.5 Å². The molecule has 1 N–H and O–H groups in total. The zero-order valence-corrected chi connectivity index (χ0v) is 18.2. The van der Waals surface area contributed by atoms with Crippen molar-refractivity contribution in [1.29, 1.82) is 0 Å². The van der Waals surface area contributed by atoms with Crippen molar-refractivity contribution in [3.8, 4) is 0 Å². The third kappa shape index (κ3) is 3.84. The highest BCUT2D eigenvalue weighted by molar-refractivity contribution is 6.04. The van der Waals surface area contributed by atoms with E-state index in [1.807, 2.05) is 50.2 Å². The van der Waals surface area contributed by atoms with Gasteiger partial charge in [0.05, 0.1) is 18.5 Å². The van der Waals surface area contributed by atoms with Gasteiger partial charge in [-0.3, -0.25) is 14.0 Å². The van der Waals surface area contributed by atoms with Crippen molar-refractivity contribution in [1.82, 2.24) is 34.7 Å². The molecule has 0 unspecified atom stereocenters. The maximum atomic E-state index is 13.2. The molecule has 0 spiro atoms. The second-order valence-electron chi connectivity index (χ2n) is 7.82. The number of hydrogen-bond acceptors (Lipinski definition) is 6. The zero-order valence-electron chi connectivity index (χ0n) is 18.2. The number of aryl methyl sites for hydroxylation is 2. The minimum Gasteiger partial charge on any atom is -0.343 e. The predicted molar refractivity (Wildman–Crippen MR) is 123 cm³/mol. The van der Waals surface area contributed by atoms with Crippen LogP contribution in [0, 0.1) is 13.8 Å². The van der Waals surface area contributed by atoms with Crippen LogP contribution < -0.4 is 10.9 Å². The lowest BCUT2D eigenvalue weighted by Gasteiger charge is -2.11. The summed E-state index contributed by atoms with van der Waals surface area (Å²) < 4.78 is 3.13. The fourth-order valence-corrected chi connectivity index (χ4v) is 3.92. The van der Waals surface area contributed by atoms with Crippen LogP contribution >= 0.6 is 0 Å². The van der Waals surface area contributed by atoms with Gasteiger partial charge in [0.2, 0.25) is 0 Å². The molecule has 1 amide bonds. The van der Waals surface area contributed by atoms with E-state index in [0.29, 0.717) is 22.4 Å². The highest BCUT2D eigenvalue weighted by atomic mass is 16.2. The van der Waals surface area contributed by atoms with Crippen molar-refractivity contribution in [2.75, 3.05) is 0 Å². The van der Waals surface area contributed by atoms with E-state index in [-0.39, 0.29) is 24.3 Å². The second-order valence-corrected chi connectivity index (χ2v) is 7.82. The number of nitrogens with zero attached hydrogens (tertiary/aromatic N) is 6. The number of nitrogens with one attached hydrogen (secondary N) is 1. The number of benzene rings is 2. The predicted octanol–water partition coefficient (Wildman–Crippen LogP) is 2.43. The number of carbonyl (C=O) groups is 1. The Morgan fingerprint density at radius 2 is 1.70 bits per heavy atom. The van der Waals surface area contributed by atoms with E-state index in [1.165, 1.54) is 4.68 Å². The number of aromatic nitrogens is 6. The largest absolute Gasteiger partial charge is 0.343 e. The quantitative estimate of drug-likeness (QED) is 0.451. The molecular weight excluding hydrogens is 418 g/mol. The van der Waals surface area contributed by atoms with E-state index in [0.717, 1.165) is 17.0 Å². The van der Waals surface area contributed by atoms with Gasteiger partial charge in [0.1, 0.15) is 0 Å². The summed E-state index contributed by atoms with van der Waals surface area (Å²) >= 11 is 0. The Labute approximate surface area is 188 Å². The molecule has 5 aromatic rings. The van der Waals surface area contributed by atoms with Gasteiger partial charge in [-0.1, -0.05) is 48.5 Å². The monoisotopic (exact) mass is 439 g/mol. The van der Waals surface area contributed by atoms with Crippen LogP contribution in [-0.2, 0) is 13.1 Å². The number of amides is 1. The first-order chi connectivity index (χ1) is 16.0. The van der Waals surface area contributed by atoms with E-state index in [9.17, 15) is 9.59 Å². The first-order valence-corrected chi connectivity index (χ1v) is 10.5. The second kappa shape index (κ2) is 8.27. The fraction of sp³-hybridized carbons (Fsp3) is 0.167. The first-order valence-electron chi connectivity index (χ1n) is 10.5. The molecule has 9 nitrogen and oxygen atoms in total. The molecule has 0 radical (unpaired) electrons. The smallest absolute Gasteiger partial charge is 0.274 e. The van der Waals surface area contributed by atoms with Crippen LogP contribution in [0.4, 0.5) is 0 Å². The van der Waals surface area contributed by atoms with Gasteiger partial charge in [0, 0.05) is 16.8 Å². The maximum absolute atomic E-state index is 13.2. The lowest BCUT2D eigenvalue weighted by Crippen LogP contribution is -2.31. The van der Waals surface area contributed by atoms with E-state index < -0.39 is 5.91 Å². The number of hydrogen-bond donors (Lipinski definition) is 1. The first kappa shape index (κ1) is 20.5. The van der Waals surface area contributed by atoms with E-state index in [1.54, 1.807) is 28.7 Å². The van der Waals surface area contributed by atoms with Gasteiger partial charge in [-0.05, 0) is 31.5 Å². The summed E-state index contributed by atoms with van der Waals surface area (Å²) in [6.45, 7) is 4.23. The number of fused-ring (bicyclic) bond motifs is 2. The average molecular weight is 439 g/mol. The zero-order chi connectivity index (χ0) is 22.9. The molecule has 0 aliphatic carbocycles. The molecular formula is C24H21N7O2. The van der Waals surface area contributed by atoms with Crippen LogP contribution in [0.3, 0.4) is 0 Å². The van der Waals surface area contributed by atoms with Gasteiger partial charge >= 0.3 is 0 Å². The SMILES string of the molecule is Cc1cc(C)n2c(CNC(=O)c3nn(Cc4ccccc4)c(=O)c4ccccc34)nnc2n1. The molecule has 9 heteroatoms. The molecule has 164 valence electrons. The van der Waals surface area contributed by atoms with Gasteiger partial charge in [0.25, 0.3) is 17.2 Å². The molecule has 0 saturated heterocycles. The molecule has 0 aliphatic rings. The topological polar surface area (TPSA) is 107 Å². The number of rotatable bonds is 5. The third-order valence-electron chi connectivity index (χ3n) is 5.42. The number of carbonyl (C=O) groups excluding carboxylic acids is 1. The summed E-state index contributed by atoms with van der Waals surface area (Å²) in [7, 11) is 0. The van der Waals surface area contributed by atoms with Crippen LogP contribution in [0.1, 0.15) is 33.3 Å². The van der Waals surface area contributed by atoms with Gasteiger partial charge in [-0.15, -0.1) is 10.2 Å². The summed E-state index contributed by atoms with van der Waals surface area (Å²) in [5.41, 5.74) is 2.63. The van der Waals surface area contributed by atoms with Crippen LogP contribution in [-0.4, -0.2) is 35.3 Å². The highest BCUT2D eigenvalue weighted by Crippen LogP contribution is 2.14. The minimum absolute atomic E-state index is 0.138. The van der Waals surface area contributed by atoms with Gasteiger partial charge in [-0.25, -0.2) is 9.67 Å². The molecule has 5 rings (SSSR count). The van der Waals surface area contributed by atoms with E-state index in [4.69, 9.17) is 0 Å². The summed E-state index contributed by atoms with van der Waals surface area (Å²) in [5.74, 6) is 0.643. The summed E-state index contributed by atoms with van der Waals surface area (Å²) in [5, 5.41) is 16.5. The van der Waals surface area contributed by atoms with Crippen molar-refractivity contribution in [3.63, 3.8) is 0 Å². The molecule has 33 heavy (non-hydrogen) atoms. The standard InChI is InChI=1S/C24H21N7O2/c1-15-12-16(2)31-20(27-28-24(31)26-15)13-25-22(32)21-18-10-6-7-11-19(18)23(33)30(29-21)14-17-8-4-3-5-9-17/h3-12H,13-14H2,1-2H3,(H,25,32). The Morgan fingerprint density at radius 3 is 2.48 bits per heavy atom.